The lowest BCUT2D eigenvalue weighted by atomic mass is 9.98. The number of fused-ring (bicyclic) bond motifs is 2. The van der Waals surface area contributed by atoms with Crippen LogP contribution < -0.4 is 15.5 Å². The van der Waals surface area contributed by atoms with Crippen molar-refractivity contribution < 1.29 is 9.53 Å². The standard InChI is InChI=1S/C23H25ClN8O2/c1-13(30-22-19-21(27-11-26-19)28-12-29-22)16-10-17(24)15-4-3-7-25-18(15)20(16)32-8-5-14(6-9-32)31-23(33)34-2/h3-4,7,10-14H,5-6,8-9H2,1-2H3,(H,31,33)(H2,26,27,28,29,30). The van der Waals surface area contributed by atoms with Gasteiger partial charge < -0.3 is 25.3 Å². The lowest BCUT2D eigenvalue weighted by molar-refractivity contribution is 0.164. The Hall–Kier alpha value is -3.66. The number of aromatic amines is 1. The van der Waals surface area contributed by atoms with E-state index in [4.69, 9.17) is 21.3 Å². The van der Waals surface area contributed by atoms with Crippen LogP contribution in [0, 0.1) is 0 Å². The van der Waals surface area contributed by atoms with Crippen molar-refractivity contribution >= 4 is 51.3 Å². The van der Waals surface area contributed by atoms with Crippen LogP contribution in [0.4, 0.5) is 16.3 Å². The third kappa shape index (κ3) is 4.16. The van der Waals surface area contributed by atoms with E-state index in [0.717, 1.165) is 48.1 Å². The molecule has 4 aromatic rings. The average Bonchev–Trinajstić information content (AvgIpc) is 3.35. The Morgan fingerprint density at radius 3 is 2.85 bits per heavy atom. The summed E-state index contributed by atoms with van der Waals surface area (Å²) in [7, 11) is 1.38. The zero-order valence-corrected chi connectivity index (χ0v) is 19.6. The summed E-state index contributed by atoms with van der Waals surface area (Å²) in [5, 5.41) is 7.94. The fourth-order valence-electron chi connectivity index (χ4n) is 4.49. The average molecular weight is 481 g/mol. The third-order valence-corrected chi connectivity index (χ3v) is 6.51. The smallest absolute Gasteiger partial charge is 0.407 e. The van der Waals surface area contributed by atoms with E-state index >= 15 is 0 Å². The number of pyridine rings is 1. The van der Waals surface area contributed by atoms with Crippen molar-refractivity contribution in [2.75, 3.05) is 30.4 Å². The number of benzene rings is 1. The summed E-state index contributed by atoms with van der Waals surface area (Å²) < 4.78 is 4.75. The maximum Gasteiger partial charge on any atom is 0.407 e. The molecule has 1 unspecified atom stereocenters. The first-order chi connectivity index (χ1) is 16.5. The molecule has 5 rings (SSSR count). The number of anilines is 2. The number of halogens is 1. The molecule has 4 heterocycles. The van der Waals surface area contributed by atoms with E-state index < -0.39 is 6.09 Å². The van der Waals surface area contributed by atoms with E-state index in [0.29, 0.717) is 22.0 Å². The van der Waals surface area contributed by atoms with E-state index in [9.17, 15) is 4.79 Å². The highest BCUT2D eigenvalue weighted by Gasteiger charge is 2.27. The van der Waals surface area contributed by atoms with Crippen LogP contribution in [0.3, 0.4) is 0 Å². The van der Waals surface area contributed by atoms with Crippen LogP contribution in [0.2, 0.25) is 5.02 Å². The van der Waals surface area contributed by atoms with Gasteiger partial charge in [-0.15, -0.1) is 0 Å². The van der Waals surface area contributed by atoms with Crippen molar-refractivity contribution in [1.82, 2.24) is 30.2 Å². The van der Waals surface area contributed by atoms with Gasteiger partial charge in [0.05, 0.1) is 35.7 Å². The minimum Gasteiger partial charge on any atom is -0.453 e. The van der Waals surface area contributed by atoms with Gasteiger partial charge in [-0.25, -0.2) is 19.7 Å². The summed E-state index contributed by atoms with van der Waals surface area (Å²) in [5.41, 5.74) is 4.24. The first-order valence-electron chi connectivity index (χ1n) is 11.1. The van der Waals surface area contributed by atoms with Crippen molar-refractivity contribution in [1.29, 1.82) is 0 Å². The number of ether oxygens (including phenoxy) is 1. The highest BCUT2D eigenvalue weighted by molar-refractivity contribution is 6.36. The summed E-state index contributed by atoms with van der Waals surface area (Å²) in [4.78, 5) is 34.6. The van der Waals surface area contributed by atoms with Crippen LogP contribution in [0.5, 0.6) is 0 Å². The van der Waals surface area contributed by atoms with Crippen molar-refractivity contribution in [3.8, 4) is 0 Å². The Balaban J connectivity index is 1.50. The number of carbonyl (C=O) groups is 1. The fraction of sp³-hybridized carbons (Fsp3) is 0.348. The molecule has 3 aromatic heterocycles. The number of imidazole rings is 1. The number of hydrogen-bond donors (Lipinski definition) is 3. The Morgan fingerprint density at radius 1 is 1.24 bits per heavy atom. The Morgan fingerprint density at radius 2 is 2.06 bits per heavy atom. The van der Waals surface area contributed by atoms with Gasteiger partial charge in [0.1, 0.15) is 11.8 Å². The van der Waals surface area contributed by atoms with Gasteiger partial charge in [0, 0.05) is 36.3 Å². The van der Waals surface area contributed by atoms with Gasteiger partial charge in [-0.2, -0.15) is 0 Å². The predicted molar refractivity (Wildman–Crippen MR) is 131 cm³/mol. The number of piperidine rings is 1. The van der Waals surface area contributed by atoms with Gasteiger partial charge >= 0.3 is 6.09 Å². The number of carbonyl (C=O) groups excluding carboxylic acids is 1. The quantitative estimate of drug-likeness (QED) is 0.391. The van der Waals surface area contributed by atoms with Crippen LogP contribution in [0.1, 0.15) is 31.4 Å². The molecule has 0 saturated carbocycles. The lowest BCUT2D eigenvalue weighted by Gasteiger charge is -2.36. The molecular weight excluding hydrogens is 456 g/mol. The molecule has 0 aliphatic carbocycles. The molecule has 176 valence electrons. The molecule has 10 nitrogen and oxygen atoms in total. The molecule has 1 atom stereocenters. The van der Waals surface area contributed by atoms with Gasteiger partial charge in [-0.1, -0.05) is 11.6 Å². The maximum absolute atomic E-state index is 11.6. The number of rotatable bonds is 5. The number of methoxy groups -OCH3 is 1. The zero-order valence-electron chi connectivity index (χ0n) is 18.9. The number of nitrogens with one attached hydrogen (secondary N) is 3. The van der Waals surface area contributed by atoms with Gasteiger partial charge in [-0.05, 0) is 38.0 Å². The summed E-state index contributed by atoms with van der Waals surface area (Å²) in [6.07, 6.45) is 6.09. The van der Waals surface area contributed by atoms with Crippen LogP contribution >= 0.6 is 11.6 Å². The Kier molecular flexibility index (Phi) is 6.06. The topological polar surface area (TPSA) is 121 Å². The second kappa shape index (κ2) is 9.30. The van der Waals surface area contributed by atoms with E-state index in [1.165, 1.54) is 13.4 Å². The monoisotopic (exact) mass is 480 g/mol. The fourth-order valence-corrected chi connectivity index (χ4v) is 4.76. The van der Waals surface area contributed by atoms with Gasteiger partial charge in [0.25, 0.3) is 0 Å². The minimum atomic E-state index is -0.398. The first-order valence-corrected chi connectivity index (χ1v) is 11.5. The lowest BCUT2D eigenvalue weighted by Crippen LogP contribution is -2.45. The molecule has 0 bridgehead atoms. The number of aromatic nitrogens is 5. The highest BCUT2D eigenvalue weighted by Crippen LogP contribution is 2.39. The molecule has 3 N–H and O–H groups in total. The van der Waals surface area contributed by atoms with Crippen LogP contribution in [-0.4, -0.2) is 57.3 Å². The third-order valence-electron chi connectivity index (χ3n) is 6.20. The molecule has 1 aromatic carbocycles. The van der Waals surface area contributed by atoms with Crippen LogP contribution in [0.15, 0.2) is 37.1 Å². The number of alkyl carbamates (subject to hydrolysis) is 1. The maximum atomic E-state index is 11.6. The van der Waals surface area contributed by atoms with Crippen LogP contribution in [0.25, 0.3) is 22.1 Å². The molecular formula is C23H25ClN8O2. The van der Waals surface area contributed by atoms with E-state index in [1.807, 2.05) is 18.2 Å². The molecule has 1 aliphatic rings. The number of amides is 1. The van der Waals surface area contributed by atoms with E-state index in [1.54, 1.807) is 12.5 Å². The number of H-pyrrole nitrogens is 1. The summed E-state index contributed by atoms with van der Waals surface area (Å²) in [6, 6.07) is 5.81. The second-order valence-corrected chi connectivity index (χ2v) is 8.69. The van der Waals surface area contributed by atoms with Crippen molar-refractivity contribution in [2.45, 2.75) is 31.8 Å². The molecule has 1 aliphatic heterocycles. The van der Waals surface area contributed by atoms with Crippen molar-refractivity contribution in [3.63, 3.8) is 0 Å². The van der Waals surface area contributed by atoms with Crippen molar-refractivity contribution in [3.05, 3.63) is 47.6 Å². The van der Waals surface area contributed by atoms with Crippen molar-refractivity contribution in [2.24, 2.45) is 0 Å². The molecule has 11 heteroatoms. The van der Waals surface area contributed by atoms with Crippen LogP contribution in [-0.2, 0) is 4.74 Å². The second-order valence-electron chi connectivity index (χ2n) is 8.28. The molecule has 1 amide bonds. The number of hydrogen-bond acceptors (Lipinski definition) is 8. The largest absolute Gasteiger partial charge is 0.453 e. The summed E-state index contributed by atoms with van der Waals surface area (Å²) >= 11 is 6.70. The molecule has 1 fully saturated rings. The summed E-state index contributed by atoms with van der Waals surface area (Å²) in [5.74, 6) is 0.642. The normalized spacial score (nSPS) is 15.4. The predicted octanol–water partition coefficient (Wildman–Crippen LogP) is 4.05. The zero-order chi connectivity index (χ0) is 23.7. The SMILES string of the molecule is COC(=O)NC1CCN(c2c(C(C)Nc3ncnc4[nH]cnc34)cc(Cl)c3cccnc23)CC1. The van der Waals surface area contributed by atoms with Gasteiger partial charge in [0.2, 0.25) is 0 Å². The first kappa shape index (κ1) is 22.1. The van der Waals surface area contributed by atoms with E-state index in [2.05, 4.69) is 42.4 Å². The Bertz CT molecular complexity index is 1340. The van der Waals surface area contributed by atoms with Gasteiger partial charge in [-0.3, -0.25) is 4.98 Å². The Labute approximate surface area is 201 Å². The van der Waals surface area contributed by atoms with E-state index in [-0.39, 0.29) is 12.1 Å². The molecule has 1 saturated heterocycles. The molecule has 34 heavy (non-hydrogen) atoms. The minimum absolute atomic E-state index is 0.0724. The molecule has 0 spiro atoms. The highest BCUT2D eigenvalue weighted by atomic mass is 35.5. The number of nitrogens with zero attached hydrogens (tertiary/aromatic N) is 5. The molecule has 0 radical (unpaired) electrons. The summed E-state index contributed by atoms with van der Waals surface area (Å²) in [6.45, 7) is 3.59. The van der Waals surface area contributed by atoms with Gasteiger partial charge in [0.15, 0.2) is 11.5 Å².